The molecule has 0 aliphatic heterocycles. The Kier molecular flexibility index (Phi) is 6.50. The number of para-hydroxylation sites is 2. The largest absolute Gasteiger partial charge is 0.497 e. The number of pyridine rings is 1. The first-order chi connectivity index (χ1) is 17.5. The molecular formula is C30H25FN2O3. The Morgan fingerprint density at radius 2 is 1.44 bits per heavy atom. The SMILES string of the molecule is COc1ccc(C(Cc2ccc(F)cc2)NC(=O)Cn2c3ccccc3c(=O)c3ccccc32)cc1. The van der Waals surface area contributed by atoms with Crippen molar-refractivity contribution in [3.8, 4) is 5.75 Å². The number of hydrogen-bond donors (Lipinski definition) is 1. The van der Waals surface area contributed by atoms with Crippen molar-refractivity contribution in [3.63, 3.8) is 0 Å². The van der Waals surface area contributed by atoms with Crippen molar-refractivity contribution in [3.05, 3.63) is 124 Å². The fraction of sp³-hybridized carbons (Fsp3) is 0.133. The van der Waals surface area contributed by atoms with E-state index in [1.807, 2.05) is 65.2 Å². The van der Waals surface area contributed by atoms with Gasteiger partial charge in [-0.15, -0.1) is 0 Å². The molecule has 0 radical (unpaired) electrons. The quantitative estimate of drug-likeness (QED) is 0.317. The number of fused-ring (bicyclic) bond motifs is 2. The maximum atomic E-state index is 13.5. The molecule has 5 rings (SSSR count). The summed E-state index contributed by atoms with van der Waals surface area (Å²) in [5.41, 5.74) is 3.16. The molecule has 4 aromatic carbocycles. The monoisotopic (exact) mass is 480 g/mol. The molecule has 1 heterocycles. The number of amides is 1. The topological polar surface area (TPSA) is 60.3 Å². The minimum atomic E-state index is -0.342. The van der Waals surface area contributed by atoms with E-state index in [1.54, 1.807) is 31.4 Å². The van der Waals surface area contributed by atoms with Gasteiger partial charge in [0, 0.05) is 10.8 Å². The zero-order valence-electron chi connectivity index (χ0n) is 19.8. The van der Waals surface area contributed by atoms with E-state index < -0.39 is 0 Å². The van der Waals surface area contributed by atoms with Crippen molar-refractivity contribution >= 4 is 27.7 Å². The van der Waals surface area contributed by atoms with Crippen molar-refractivity contribution in [2.24, 2.45) is 0 Å². The Balaban J connectivity index is 1.49. The van der Waals surface area contributed by atoms with Gasteiger partial charge in [-0.05, 0) is 66.1 Å². The van der Waals surface area contributed by atoms with E-state index in [1.165, 1.54) is 12.1 Å². The predicted molar refractivity (Wildman–Crippen MR) is 140 cm³/mol. The molecule has 1 aromatic heterocycles. The smallest absolute Gasteiger partial charge is 0.240 e. The van der Waals surface area contributed by atoms with Gasteiger partial charge >= 0.3 is 0 Å². The minimum absolute atomic E-state index is 0.0391. The number of carbonyl (C=O) groups excluding carboxylic acids is 1. The highest BCUT2D eigenvalue weighted by Crippen LogP contribution is 2.23. The molecule has 0 saturated carbocycles. The summed E-state index contributed by atoms with van der Waals surface area (Å²) in [6.07, 6.45) is 0.490. The van der Waals surface area contributed by atoms with Gasteiger partial charge in [0.2, 0.25) is 5.91 Å². The molecule has 0 spiro atoms. The summed E-state index contributed by atoms with van der Waals surface area (Å²) in [4.78, 5) is 26.5. The molecule has 0 saturated heterocycles. The lowest BCUT2D eigenvalue weighted by atomic mass is 9.98. The standard InChI is InChI=1S/C30H25FN2O3/c1-36-23-16-12-21(13-17-23)26(18-20-10-14-22(31)15-11-20)32-29(34)19-33-27-8-4-2-6-24(27)30(35)25-7-3-5-9-28(25)33/h2-17,26H,18-19H2,1H3,(H,32,34). The van der Waals surface area contributed by atoms with Gasteiger partial charge in [0.15, 0.2) is 5.43 Å². The van der Waals surface area contributed by atoms with Gasteiger partial charge < -0.3 is 14.6 Å². The molecule has 180 valence electrons. The van der Waals surface area contributed by atoms with Gasteiger partial charge in [-0.1, -0.05) is 48.5 Å². The van der Waals surface area contributed by atoms with Crippen molar-refractivity contribution in [2.75, 3.05) is 7.11 Å². The second kappa shape index (κ2) is 10.0. The van der Waals surface area contributed by atoms with Crippen molar-refractivity contribution in [2.45, 2.75) is 19.0 Å². The average Bonchev–Trinajstić information content (AvgIpc) is 2.92. The third kappa shape index (κ3) is 4.70. The highest BCUT2D eigenvalue weighted by molar-refractivity contribution is 5.94. The number of benzene rings is 4. The zero-order valence-corrected chi connectivity index (χ0v) is 19.8. The van der Waals surface area contributed by atoms with Crippen LogP contribution in [-0.2, 0) is 17.8 Å². The highest BCUT2D eigenvalue weighted by Gasteiger charge is 2.18. The van der Waals surface area contributed by atoms with Crippen LogP contribution in [0.3, 0.4) is 0 Å². The van der Waals surface area contributed by atoms with Crippen LogP contribution < -0.4 is 15.5 Å². The van der Waals surface area contributed by atoms with Crippen molar-refractivity contribution in [1.29, 1.82) is 0 Å². The van der Waals surface area contributed by atoms with Crippen LogP contribution in [-0.4, -0.2) is 17.6 Å². The Hall–Kier alpha value is -4.45. The predicted octanol–water partition coefficient (Wildman–Crippen LogP) is 5.40. The Morgan fingerprint density at radius 3 is 2.03 bits per heavy atom. The highest BCUT2D eigenvalue weighted by atomic mass is 19.1. The summed E-state index contributed by atoms with van der Waals surface area (Å²) < 4.78 is 20.6. The molecule has 0 fully saturated rings. The summed E-state index contributed by atoms with van der Waals surface area (Å²) in [6, 6.07) is 28.1. The lowest BCUT2D eigenvalue weighted by Gasteiger charge is -2.21. The van der Waals surface area contributed by atoms with Gasteiger partial charge in [0.1, 0.15) is 18.1 Å². The number of ether oxygens (including phenoxy) is 1. The molecular weight excluding hydrogens is 455 g/mol. The third-order valence-corrected chi connectivity index (χ3v) is 6.39. The number of nitrogens with zero attached hydrogens (tertiary/aromatic N) is 1. The van der Waals surface area contributed by atoms with Crippen LogP contribution in [0.4, 0.5) is 4.39 Å². The summed E-state index contributed by atoms with van der Waals surface area (Å²) in [5, 5.41) is 4.30. The van der Waals surface area contributed by atoms with Crippen molar-refractivity contribution < 1.29 is 13.9 Å². The molecule has 5 nitrogen and oxygen atoms in total. The van der Waals surface area contributed by atoms with Crippen LogP contribution in [0.15, 0.2) is 102 Å². The summed E-state index contributed by atoms with van der Waals surface area (Å²) in [6.45, 7) is 0.0391. The number of nitrogens with one attached hydrogen (secondary N) is 1. The fourth-order valence-electron chi connectivity index (χ4n) is 4.58. The van der Waals surface area contributed by atoms with Gasteiger partial charge in [-0.25, -0.2) is 4.39 Å². The Labute approximate surface area is 207 Å². The third-order valence-electron chi connectivity index (χ3n) is 6.39. The summed E-state index contributed by atoms with van der Waals surface area (Å²) in [7, 11) is 1.60. The maximum absolute atomic E-state index is 13.5. The van der Waals surface area contributed by atoms with E-state index in [9.17, 15) is 14.0 Å². The molecule has 1 amide bonds. The van der Waals surface area contributed by atoms with Crippen LogP contribution in [0.5, 0.6) is 5.75 Å². The normalized spacial score (nSPS) is 11.9. The first-order valence-corrected chi connectivity index (χ1v) is 11.7. The second-order valence-corrected chi connectivity index (χ2v) is 8.67. The molecule has 0 aliphatic rings. The first kappa shape index (κ1) is 23.3. The van der Waals surface area contributed by atoms with Gasteiger partial charge in [0.25, 0.3) is 0 Å². The first-order valence-electron chi connectivity index (χ1n) is 11.7. The van der Waals surface area contributed by atoms with Crippen LogP contribution in [0.2, 0.25) is 0 Å². The lowest BCUT2D eigenvalue weighted by Crippen LogP contribution is -2.33. The zero-order chi connectivity index (χ0) is 25.1. The summed E-state index contributed by atoms with van der Waals surface area (Å²) in [5.74, 6) is 0.217. The van der Waals surface area contributed by atoms with E-state index >= 15 is 0 Å². The van der Waals surface area contributed by atoms with Crippen LogP contribution in [0.1, 0.15) is 17.2 Å². The molecule has 0 aliphatic carbocycles. The van der Waals surface area contributed by atoms with Crippen LogP contribution >= 0.6 is 0 Å². The number of carbonyl (C=O) groups is 1. The Morgan fingerprint density at radius 1 is 0.861 bits per heavy atom. The number of rotatable bonds is 7. The maximum Gasteiger partial charge on any atom is 0.240 e. The van der Waals surface area contributed by atoms with E-state index in [2.05, 4.69) is 5.32 Å². The molecule has 1 atom stereocenters. The van der Waals surface area contributed by atoms with Crippen molar-refractivity contribution in [1.82, 2.24) is 9.88 Å². The van der Waals surface area contributed by atoms with E-state index in [4.69, 9.17) is 4.74 Å². The number of aromatic nitrogens is 1. The Bertz CT molecular complexity index is 1530. The second-order valence-electron chi connectivity index (χ2n) is 8.67. The van der Waals surface area contributed by atoms with Crippen LogP contribution in [0, 0.1) is 5.82 Å². The molecule has 6 heteroatoms. The average molecular weight is 481 g/mol. The van der Waals surface area contributed by atoms with Gasteiger partial charge in [-0.2, -0.15) is 0 Å². The van der Waals surface area contributed by atoms with Gasteiger partial charge in [-0.3, -0.25) is 9.59 Å². The number of halogens is 1. The van der Waals surface area contributed by atoms with E-state index in [0.717, 1.165) is 16.9 Å². The molecule has 5 aromatic rings. The van der Waals surface area contributed by atoms with E-state index in [0.29, 0.717) is 28.2 Å². The molecule has 1 unspecified atom stereocenters. The van der Waals surface area contributed by atoms with Gasteiger partial charge in [0.05, 0.1) is 24.2 Å². The molecule has 0 bridgehead atoms. The minimum Gasteiger partial charge on any atom is -0.497 e. The van der Waals surface area contributed by atoms with Crippen LogP contribution in [0.25, 0.3) is 21.8 Å². The fourth-order valence-corrected chi connectivity index (χ4v) is 4.58. The van der Waals surface area contributed by atoms with E-state index in [-0.39, 0.29) is 29.7 Å². The molecule has 36 heavy (non-hydrogen) atoms. The molecule has 1 N–H and O–H groups in total. The summed E-state index contributed by atoms with van der Waals surface area (Å²) >= 11 is 0. The lowest BCUT2D eigenvalue weighted by molar-refractivity contribution is -0.122. The number of methoxy groups -OCH3 is 1. The number of hydrogen-bond acceptors (Lipinski definition) is 3.